The normalized spacial score (nSPS) is 13.4. The Morgan fingerprint density at radius 2 is 1.68 bits per heavy atom. The third kappa shape index (κ3) is 3.69. The van der Waals surface area contributed by atoms with Gasteiger partial charge in [-0.15, -0.1) is 15.3 Å². The lowest BCUT2D eigenvalue weighted by Crippen LogP contribution is -2.14. The maximum Gasteiger partial charge on any atom is 0.299 e. The average molecular weight is 420 g/mol. The average Bonchev–Trinajstić information content (AvgIpc) is 3.37. The molecule has 2 aromatic carbocycles. The second kappa shape index (κ2) is 7.61. The summed E-state index contributed by atoms with van der Waals surface area (Å²) in [6.07, 6.45) is -2.74. The van der Waals surface area contributed by atoms with Crippen LogP contribution in [0.2, 0.25) is 0 Å². The molecule has 0 saturated carbocycles. The van der Waals surface area contributed by atoms with Gasteiger partial charge < -0.3 is 10.2 Å². The summed E-state index contributed by atoms with van der Waals surface area (Å²) in [5.74, 6) is 0.501. The van der Waals surface area contributed by atoms with Gasteiger partial charge >= 0.3 is 0 Å². The van der Waals surface area contributed by atoms with Crippen molar-refractivity contribution in [2.75, 3.05) is 10.2 Å². The summed E-state index contributed by atoms with van der Waals surface area (Å²) in [4.78, 5) is 2.34. The molecule has 0 aliphatic carbocycles. The van der Waals surface area contributed by atoms with Crippen LogP contribution >= 0.6 is 0 Å². The third-order valence-corrected chi connectivity index (χ3v) is 5.61. The summed E-state index contributed by atoms with van der Waals surface area (Å²) in [6, 6.07) is 18.2. The highest BCUT2D eigenvalue weighted by molar-refractivity contribution is 5.62. The Labute approximate surface area is 178 Å². The van der Waals surface area contributed by atoms with Gasteiger partial charge in [0.05, 0.1) is 0 Å². The van der Waals surface area contributed by atoms with Crippen LogP contribution in [0.4, 0.5) is 26.0 Å². The summed E-state index contributed by atoms with van der Waals surface area (Å²) in [5, 5.41) is 14.7. The first-order chi connectivity index (χ1) is 15.0. The van der Waals surface area contributed by atoms with Crippen LogP contribution in [0.1, 0.15) is 48.7 Å². The monoisotopic (exact) mass is 420 g/mol. The number of hydrogen-bond acceptors (Lipinski definition) is 5. The molecule has 2 aromatic heterocycles. The number of aromatic nitrogens is 4. The highest BCUT2D eigenvalue weighted by Gasteiger charge is 2.20. The summed E-state index contributed by atoms with van der Waals surface area (Å²) in [5.41, 5.74) is 6.19. The van der Waals surface area contributed by atoms with Crippen molar-refractivity contribution in [3.63, 3.8) is 0 Å². The number of alkyl halides is 2. The van der Waals surface area contributed by atoms with Gasteiger partial charge in [0.2, 0.25) is 5.82 Å². The first-order valence-corrected chi connectivity index (χ1v) is 10.2. The van der Waals surface area contributed by atoms with Crippen LogP contribution in [0.25, 0.3) is 5.65 Å². The minimum Gasteiger partial charge on any atom is -0.363 e. The van der Waals surface area contributed by atoms with Crippen molar-refractivity contribution in [2.24, 2.45) is 0 Å². The summed E-state index contributed by atoms with van der Waals surface area (Å²) < 4.78 is 27.2. The lowest BCUT2D eigenvalue weighted by Gasteiger charge is -2.18. The van der Waals surface area contributed by atoms with E-state index in [0.29, 0.717) is 11.7 Å². The largest absolute Gasteiger partial charge is 0.363 e. The predicted molar refractivity (Wildman–Crippen MR) is 116 cm³/mol. The quantitative estimate of drug-likeness (QED) is 0.465. The molecule has 8 heteroatoms. The van der Waals surface area contributed by atoms with E-state index in [-0.39, 0.29) is 5.65 Å². The topological polar surface area (TPSA) is 58.3 Å². The zero-order valence-electron chi connectivity index (χ0n) is 17.3. The lowest BCUT2D eigenvalue weighted by atomic mass is 10.0. The van der Waals surface area contributed by atoms with E-state index in [4.69, 9.17) is 0 Å². The Morgan fingerprint density at radius 3 is 2.42 bits per heavy atom. The standard InChI is InChI=1S/C23H22F2N6/c1-14(2)15-4-7-19(8-5-15)30-12-16-3-6-18(11-17(16)13-30)26-20-9-10-21-27-28-23(22(24)25)31(21)29-20/h3-11,14,22H,12-13H2,1-2H3,(H,26,29). The summed E-state index contributed by atoms with van der Waals surface area (Å²) >= 11 is 0. The van der Waals surface area contributed by atoms with Gasteiger partial charge in [-0.3, -0.25) is 0 Å². The molecule has 0 bridgehead atoms. The van der Waals surface area contributed by atoms with Gasteiger partial charge in [-0.2, -0.15) is 4.52 Å². The minimum atomic E-state index is -2.74. The number of rotatable bonds is 5. The van der Waals surface area contributed by atoms with Gasteiger partial charge in [0, 0.05) is 24.5 Å². The molecule has 1 aliphatic heterocycles. The second-order valence-electron chi connectivity index (χ2n) is 8.06. The van der Waals surface area contributed by atoms with Crippen LogP contribution in [0, 0.1) is 0 Å². The van der Waals surface area contributed by atoms with Crippen molar-refractivity contribution in [3.05, 3.63) is 77.1 Å². The fourth-order valence-electron chi connectivity index (χ4n) is 3.88. The fourth-order valence-corrected chi connectivity index (χ4v) is 3.88. The van der Waals surface area contributed by atoms with Crippen molar-refractivity contribution in [3.8, 4) is 0 Å². The number of halogens is 2. The first kappa shape index (κ1) is 19.4. The highest BCUT2D eigenvalue weighted by atomic mass is 19.3. The molecule has 5 rings (SSSR count). The van der Waals surface area contributed by atoms with E-state index in [1.807, 2.05) is 6.07 Å². The molecule has 31 heavy (non-hydrogen) atoms. The SMILES string of the molecule is CC(C)c1ccc(N2Cc3ccc(Nc4ccc5nnc(C(F)F)n5n4)cc3C2)cc1. The van der Waals surface area contributed by atoms with Gasteiger partial charge in [0.25, 0.3) is 6.43 Å². The molecule has 0 fully saturated rings. The van der Waals surface area contributed by atoms with Crippen molar-refractivity contribution < 1.29 is 8.78 Å². The van der Waals surface area contributed by atoms with E-state index in [0.717, 1.165) is 23.3 Å². The number of anilines is 3. The summed E-state index contributed by atoms with van der Waals surface area (Å²) in [6.45, 7) is 6.07. The van der Waals surface area contributed by atoms with Crippen molar-refractivity contribution in [1.29, 1.82) is 0 Å². The molecular weight excluding hydrogens is 398 g/mol. The first-order valence-electron chi connectivity index (χ1n) is 10.2. The minimum absolute atomic E-state index is 0.286. The molecule has 0 amide bonds. The molecule has 0 radical (unpaired) electrons. The van der Waals surface area contributed by atoms with Gasteiger partial charge in [0.1, 0.15) is 0 Å². The van der Waals surface area contributed by atoms with Crippen LogP contribution in [-0.4, -0.2) is 19.8 Å². The maximum atomic E-state index is 13.1. The van der Waals surface area contributed by atoms with E-state index in [1.54, 1.807) is 12.1 Å². The Balaban J connectivity index is 1.35. The number of fused-ring (bicyclic) bond motifs is 2. The molecule has 0 saturated heterocycles. The maximum absolute atomic E-state index is 13.1. The Kier molecular flexibility index (Phi) is 4.77. The molecule has 6 nitrogen and oxygen atoms in total. The highest BCUT2D eigenvalue weighted by Crippen LogP contribution is 2.31. The molecule has 1 N–H and O–H groups in total. The number of nitrogens with zero attached hydrogens (tertiary/aromatic N) is 5. The van der Waals surface area contributed by atoms with E-state index < -0.39 is 12.2 Å². The molecule has 158 valence electrons. The Bertz CT molecular complexity index is 1230. The number of hydrogen-bond donors (Lipinski definition) is 1. The van der Waals surface area contributed by atoms with Crippen molar-refractivity contribution >= 4 is 22.8 Å². The number of nitrogens with one attached hydrogen (secondary N) is 1. The molecule has 1 aliphatic rings. The fraction of sp³-hybridized carbons (Fsp3) is 0.261. The van der Waals surface area contributed by atoms with E-state index in [2.05, 4.69) is 75.8 Å². The molecular formula is C23H22F2N6. The van der Waals surface area contributed by atoms with Gasteiger partial charge in [-0.05, 0) is 59.0 Å². The van der Waals surface area contributed by atoms with Gasteiger partial charge in [-0.25, -0.2) is 8.78 Å². The van der Waals surface area contributed by atoms with Crippen LogP contribution in [0.3, 0.4) is 0 Å². The van der Waals surface area contributed by atoms with E-state index >= 15 is 0 Å². The lowest BCUT2D eigenvalue weighted by molar-refractivity contribution is 0.137. The molecule has 0 spiro atoms. The Morgan fingerprint density at radius 1 is 0.903 bits per heavy atom. The van der Waals surface area contributed by atoms with Crippen LogP contribution < -0.4 is 10.2 Å². The van der Waals surface area contributed by atoms with Gasteiger partial charge in [-0.1, -0.05) is 32.0 Å². The zero-order valence-corrected chi connectivity index (χ0v) is 17.3. The van der Waals surface area contributed by atoms with Crippen LogP contribution in [-0.2, 0) is 13.1 Å². The van der Waals surface area contributed by atoms with E-state index in [9.17, 15) is 8.78 Å². The Hall–Kier alpha value is -3.55. The predicted octanol–water partition coefficient (Wildman–Crippen LogP) is 5.45. The molecule has 0 unspecified atom stereocenters. The molecule has 3 heterocycles. The number of benzene rings is 2. The van der Waals surface area contributed by atoms with E-state index in [1.165, 1.54) is 22.4 Å². The zero-order chi connectivity index (χ0) is 21.5. The van der Waals surface area contributed by atoms with Crippen LogP contribution in [0.5, 0.6) is 0 Å². The smallest absolute Gasteiger partial charge is 0.299 e. The van der Waals surface area contributed by atoms with Crippen molar-refractivity contribution in [1.82, 2.24) is 19.8 Å². The van der Waals surface area contributed by atoms with Gasteiger partial charge in [0.15, 0.2) is 11.5 Å². The van der Waals surface area contributed by atoms with Crippen molar-refractivity contribution in [2.45, 2.75) is 39.3 Å². The van der Waals surface area contributed by atoms with Crippen LogP contribution in [0.15, 0.2) is 54.6 Å². The second-order valence-corrected chi connectivity index (χ2v) is 8.06. The summed E-state index contributed by atoms with van der Waals surface area (Å²) in [7, 11) is 0. The third-order valence-electron chi connectivity index (χ3n) is 5.61. The molecule has 4 aromatic rings. The molecule has 0 atom stereocenters.